The number of amides is 1. The van der Waals surface area contributed by atoms with E-state index in [0.29, 0.717) is 30.1 Å². The van der Waals surface area contributed by atoms with Gasteiger partial charge in [0.15, 0.2) is 0 Å². The Morgan fingerprint density at radius 3 is 2.54 bits per heavy atom. The SMILES string of the molecule is CC(C)c1ccc(-c2noc(CNC(C)(C)C(=O)NCC3CCCC3)n2)cc1. The number of rotatable bonds is 8. The first-order chi connectivity index (χ1) is 13.3. The number of nitrogens with zero attached hydrogens (tertiary/aromatic N) is 2. The van der Waals surface area contributed by atoms with Gasteiger partial charge in [0.2, 0.25) is 17.6 Å². The summed E-state index contributed by atoms with van der Waals surface area (Å²) in [6.07, 6.45) is 5.00. The van der Waals surface area contributed by atoms with Crippen LogP contribution < -0.4 is 10.6 Å². The Kier molecular flexibility index (Phi) is 6.50. The van der Waals surface area contributed by atoms with Gasteiger partial charge in [-0.05, 0) is 44.1 Å². The fourth-order valence-corrected chi connectivity index (χ4v) is 3.51. The maximum absolute atomic E-state index is 12.5. The summed E-state index contributed by atoms with van der Waals surface area (Å²) in [4.78, 5) is 17.0. The monoisotopic (exact) mass is 384 g/mol. The van der Waals surface area contributed by atoms with Crippen LogP contribution in [-0.4, -0.2) is 28.1 Å². The lowest BCUT2D eigenvalue weighted by molar-refractivity contribution is -0.126. The molecule has 2 N–H and O–H groups in total. The van der Waals surface area contributed by atoms with E-state index in [1.54, 1.807) is 0 Å². The number of carbonyl (C=O) groups is 1. The van der Waals surface area contributed by atoms with Gasteiger partial charge in [0, 0.05) is 12.1 Å². The lowest BCUT2D eigenvalue weighted by atomic mass is 10.0. The molecule has 1 aliphatic carbocycles. The van der Waals surface area contributed by atoms with Gasteiger partial charge in [0.1, 0.15) is 0 Å². The van der Waals surface area contributed by atoms with Gasteiger partial charge in [-0.25, -0.2) is 0 Å². The summed E-state index contributed by atoms with van der Waals surface area (Å²) in [5.41, 5.74) is 1.50. The van der Waals surface area contributed by atoms with Crippen LogP contribution in [0.4, 0.5) is 0 Å². The van der Waals surface area contributed by atoms with E-state index in [0.717, 1.165) is 12.1 Å². The van der Waals surface area contributed by atoms with E-state index in [-0.39, 0.29) is 5.91 Å². The first-order valence-corrected chi connectivity index (χ1v) is 10.3. The zero-order valence-corrected chi connectivity index (χ0v) is 17.4. The molecule has 1 saturated carbocycles. The van der Waals surface area contributed by atoms with Crippen LogP contribution in [0.1, 0.15) is 70.8 Å². The predicted molar refractivity (Wildman–Crippen MR) is 110 cm³/mol. The highest BCUT2D eigenvalue weighted by Crippen LogP contribution is 2.24. The van der Waals surface area contributed by atoms with Gasteiger partial charge in [-0.3, -0.25) is 10.1 Å². The third-order valence-corrected chi connectivity index (χ3v) is 5.58. The van der Waals surface area contributed by atoms with Crippen LogP contribution in [-0.2, 0) is 11.3 Å². The number of aromatic nitrogens is 2. The van der Waals surface area contributed by atoms with Crippen molar-refractivity contribution in [1.29, 1.82) is 0 Å². The van der Waals surface area contributed by atoms with Crippen molar-refractivity contribution in [1.82, 2.24) is 20.8 Å². The van der Waals surface area contributed by atoms with Crippen molar-refractivity contribution in [2.75, 3.05) is 6.54 Å². The lowest BCUT2D eigenvalue weighted by Crippen LogP contribution is -2.53. The minimum absolute atomic E-state index is 0.00316. The molecule has 0 saturated heterocycles. The third kappa shape index (κ3) is 5.19. The molecule has 1 fully saturated rings. The van der Waals surface area contributed by atoms with Gasteiger partial charge < -0.3 is 9.84 Å². The highest BCUT2D eigenvalue weighted by Gasteiger charge is 2.28. The minimum Gasteiger partial charge on any atom is -0.354 e. The Labute approximate surface area is 167 Å². The fraction of sp³-hybridized carbons (Fsp3) is 0.591. The topological polar surface area (TPSA) is 80.0 Å². The second kappa shape index (κ2) is 8.86. The van der Waals surface area contributed by atoms with Crippen molar-refractivity contribution < 1.29 is 9.32 Å². The quantitative estimate of drug-likeness (QED) is 0.718. The highest BCUT2D eigenvalue weighted by atomic mass is 16.5. The number of hydrogen-bond acceptors (Lipinski definition) is 5. The Morgan fingerprint density at radius 1 is 1.21 bits per heavy atom. The van der Waals surface area contributed by atoms with E-state index < -0.39 is 5.54 Å². The van der Waals surface area contributed by atoms with Gasteiger partial charge in [-0.2, -0.15) is 4.98 Å². The second-order valence-corrected chi connectivity index (χ2v) is 8.63. The number of nitrogens with one attached hydrogen (secondary N) is 2. The summed E-state index contributed by atoms with van der Waals surface area (Å²) in [7, 11) is 0. The molecule has 2 aromatic rings. The maximum Gasteiger partial charge on any atom is 0.240 e. The molecular formula is C22H32N4O2. The molecule has 6 nitrogen and oxygen atoms in total. The zero-order valence-electron chi connectivity index (χ0n) is 17.4. The van der Waals surface area contributed by atoms with Crippen molar-refractivity contribution in [3.05, 3.63) is 35.7 Å². The standard InChI is InChI=1S/C22H32N4O2/c1-15(2)17-9-11-18(12-10-17)20-25-19(28-26-20)14-24-22(3,4)21(27)23-13-16-7-5-6-8-16/h9-12,15-16,24H,5-8,13-14H2,1-4H3,(H,23,27). The van der Waals surface area contributed by atoms with Crippen molar-refractivity contribution in [2.45, 2.75) is 71.4 Å². The molecule has 1 aliphatic rings. The first-order valence-electron chi connectivity index (χ1n) is 10.3. The lowest BCUT2D eigenvalue weighted by Gasteiger charge is -2.25. The van der Waals surface area contributed by atoms with Crippen molar-refractivity contribution in [3.63, 3.8) is 0 Å². The minimum atomic E-state index is -0.702. The molecule has 1 aromatic carbocycles. The summed E-state index contributed by atoms with van der Waals surface area (Å²) < 4.78 is 5.36. The molecule has 0 unspecified atom stereocenters. The van der Waals surface area contributed by atoms with Gasteiger partial charge in [0.25, 0.3) is 0 Å². The molecule has 0 radical (unpaired) electrons. The molecule has 0 atom stereocenters. The van der Waals surface area contributed by atoms with E-state index in [1.807, 2.05) is 26.0 Å². The maximum atomic E-state index is 12.5. The fourth-order valence-electron chi connectivity index (χ4n) is 3.51. The van der Waals surface area contributed by atoms with E-state index in [4.69, 9.17) is 4.52 Å². The first kappa shape index (κ1) is 20.5. The van der Waals surface area contributed by atoms with Gasteiger partial charge in [-0.15, -0.1) is 0 Å². The molecule has 3 rings (SSSR count). The molecule has 0 aliphatic heterocycles. The summed E-state index contributed by atoms with van der Waals surface area (Å²) in [6, 6.07) is 8.20. The molecule has 1 aromatic heterocycles. The number of benzene rings is 1. The molecule has 0 bridgehead atoms. The number of carbonyl (C=O) groups excluding carboxylic acids is 1. The molecule has 1 amide bonds. The largest absolute Gasteiger partial charge is 0.354 e. The van der Waals surface area contributed by atoms with Crippen LogP contribution in [0.5, 0.6) is 0 Å². The van der Waals surface area contributed by atoms with E-state index >= 15 is 0 Å². The Hall–Kier alpha value is -2.21. The predicted octanol–water partition coefficient (Wildman–Crippen LogP) is 4.03. The average molecular weight is 385 g/mol. The van der Waals surface area contributed by atoms with Crippen LogP contribution in [0.25, 0.3) is 11.4 Å². The van der Waals surface area contributed by atoms with Crippen molar-refractivity contribution in [2.24, 2.45) is 5.92 Å². The summed E-state index contributed by atoms with van der Waals surface area (Å²) in [5.74, 6) is 2.15. The molecule has 1 heterocycles. The second-order valence-electron chi connectivity index (χ2n) is 8.63. The summed E-state index contributed by atoms with van der Waals surface area (Å²) in [5, 5.41) is 10.4. The van der Waals surface area contributed by atoms with Crippen molar-refractivity contribution >= 4 is 5.91 Å². The average Bonchev–Trinajstić information content (AvgIpc) is 3.36. The van der Waals surface area contributed by atoms with Gasteiger partial charge >= 0.3 is 0 Å². The Morgan fingerprint density at radius 2 is 1.89 bits per heavy atom. The molecule has 0 spiro atoms. The zero-order chi connectivity index (χ0) is 20.1. The van der Waals surface area contributed by atoms with Crippen molar-refractivity contribution in [3.8, 4) is 11.4 Å². The van der Waals surface area contributed by atoms with Crippen LogP contribution in [0, 0.1) is 5.92 Å². The molecular weight excluding hydrogens is 352 g/mol. The van der Waals surface area contributed by atoms with Crippen LogP contribution in [0.3, 0.4) is 0 Å². The Bertz CT molecular complexity index is 774. The molecule has 28 heavy (non-hydrogen) atoms. The van der Waals surface area contributed by atoms with Crippen LogP contribution >= 0.6 is 0 Å². The number of hydrogen-bond donors (Lipinski definition) is 2. The molecule has 6 heteroatoms. The van der Waals surface area contributed by atoms with E-state index in [2.05, 4.69) is 46.8 Å². The van der Waals surface area contributed by atoms with Crippen LogP contribution in [0.2, 0.25) is 0 Å². The van der Waals surface area contributed by atoms with E-state index in [1.165, 1.54) is 31.2 Å². The normalized spacial score (nSPS) is 15.3. The van der Waals surface area contributed by atoms with Gasteiger partial charge in [-0.1, -0.05) is 56.1 Å². The van der Waals surface area contributed by atoms with Gasteiger partial charge in [0.05, 0.1) is 12.1 Å². The smallest absolute Gasteiger partial charge is 0.240 e. The summed E-state index contributed by atoms with van der Waals surface area (Å²) in [6.45, 7) is 9.19. The van der Waals surface area contributed by atoms with Crippen LogP contribution in [0.15, 0.2) is 28.8 Å². The third-order valence-electron chi connectivity index (χ3n) is 5.58. The Balaban J connectivity index is 1.53. The molecule has 152 valence electrons. The van der Waals surface area contributed by atoms with E-state index in [9.17, 15) is 4.79 Å². The summed E-state index contributed by atoms with van der Waals surface area (Å²) >= 11 is 0. The highest BCUT2D eigenvalue weighted by molar-refractivity contribution is 5.85.